The van der Waals surface area contributed by atoms with Crippen LogP contribution in [-0.2, 0) is 9.59 Å². The molecule has 1 aromatic carbocycles. The highest BCUT2D eigenvalue weighted by Crippen LogP contribution is 2.29. The Balaban J connectivity index is 2.10. The van der Waals surface area contributed by atoms with Crippen molar-refractivity contribution < 1.29 is 14.7 Å². The average Bonchev–Trinajstić information content (AvgIpc) is 2.46. The Morgan fingerprint density at radius 3 is 2.45 bits per heavy atom. The van der Waals surface area contributed by atoms with Crippen LogP contribution >= 0.6 is 23.2 Å². The molecule has 1 aliphatic carbocycles. The monoisotopic (exact) mass is 341 g/mol. The van der Waals surface area contributed by atoms with Crippen LogP contribution in [0.1, 0.15) is 31.4 Å². The number of hydrogen-bond donors (Lipinski definition) is 2. The Hall–Kier alpha value is -1.52. The molecular formula is C16H17Cl2NO3. The van der Waals surface area contributed by atoms with Gasteiger partial charge in [-0.3, -0.25) is 9.59 Å². The van der Waals surface area contributed by atoms with Gasteiger partial charge in [0.05, 0.1) is 17.9 Å². The SMILES string of the molecule is C[C@H](NC(=O)[C@H]1CC=CC[C@H]1C(=O)O)c1ccc(Cl)cc1Cl. The number of nitrogens with one attached hydrogen (secondary N) is 1. The van der Waals surface area contributed by atoms with E-state index in [1.807, 2.05) is 19.1 Å². The minimum absolute atomic E-state index is 0.268. The third-order valence-electron chi connectivity index (χ3n) is 3.87. The number of halogens is 2. The summed E-state index contributed by atoms with van der Waals surface area (Å²) in [5.41, 5.74) is 0.748. The van der Waals surface area contributed by atoms with Crippen LogP contribution in [0.2, 0.25) is 10.0 Å². The Kier molecular flexibility index (Phi) is 5.48. The lowest BCUT2D eigenvalue weighted by molar-refractivity contribution is -0.147. The molecule has 2 rings (SSSR count). The van der Waals surface area contributed by atoms with Gasteiger partial charge in [-0.1, -0.05) is 41.4 Å². The number of rotatable bonds is 4. The van der Waals surface area contributed by atoms with Crippen LogP contribution in [-0.4, -0.2) is 17.0 Å². The Bertz CT molecular complexity index is 615. The van der Waals surface area contributed by atoms with Crippen LogP contribution < -0.4 is 5.32 Å². The largest absolute Gasteiger partial charge is 0.481 e. The number of carboxylic acids is 1. The van der Waals surface area contributed by atoms with E-state index in [9.17, 15) is 14.7 Å². The van der Waals surface area contributed by atoms with E-state index in [1.54, 1.807) is 18.2 Å². The van der Waals surface area contributed by atoms with Gasteiger partial charge in [0.2, 0.25) is 5.91 Å². The summed E-state index contributed by atoms with van der Waals surface area (Å²) < 4.78 is 0. The molecule has 6 heteroatoms. The fourth-order valence-electron chi connectivity index (χ4n) is 2.63. The molecule has 0 saturated heterocycles. The van der Waals surface area contributed by atoms with Gasteiger partial charge < -0.3 is 10.4 Å². The number of benzene rings is 1. The molecule has 0 bridgehead atoms. The summed E-state index contributed by atoms with van der Waals surface area (Å²) in [6.07, 6.45) is 4.47. The summed E-state index contributed by atoms with van der Waals surface area (Å²) in [5, 5.41) is 13.1. The predicted octanol–water partition coefficient (Wildman–Crippen LogP) is 3.84. The molecule has 2 N–H and O–H groups in total. The number of aliphatic carboxylic acids is 1. The van der Waals surface area contributed by atoms with E-state index in [-0.39, 0.29) is 11.9 Å². The molecule has 22 heavy (non-hydrogen) atoms. The van der Waals surface area contributed by atoms with Gasteiger partial charge >= 0.3 is 5.97 Å². The van der Waals surface area contributed by atoms with Gasteiger partial charge in [-0.2, -0.15) is 0 Å². The minimum Gasteiger partial charge on any atom is -0.481 e. The zero-order chi connectivity index (χ0) is 16.3. The van der Waals surface area contributed by atoms with E-state index < -0.39 is 17.8 Å². The summed E-state index contributed by atoms with van der Waals surface area (Å²) in [6.45, 7) is 1.81. The second-order valence-corrected chi connectivity index (χ2v) is 6.23. The highest BCUT2D eigenvalue weighted by Gasteiger charge is 2.34. The smallest absolute Gasteiger partial charge is 0.307 e. The molecule has 1 aromatic rings. The van der Waals surface area contributed by atoms with Crippen molar-refractivity contribution in [2.75, 3.05) is 0 Å². The second-order valence-electron chi connectivity index (χ2n) is 5.39. The van der Waals surface area contributed by atoms with E-state index in [0.717, 1.165) is 5.56 Å². The summed E-state index contributed by atoms with van der Waals surface area (Å²) in [6, 6.07) is 4.75. The summed E-state index contributed by atoms with van der Waals surface area (Å²) >= 11 is 12.0. The van der Waals surface area contributed by atoms with E-state index >= 15 is 0 Å². The Morgan fingerprint density at radius 1 is 1.23 bits per heavy atom. The number of carbonyl (C=O) groups is 2. The van der Waals surface area contributed by atoms with Crippen LogP contribution in [0.3, 0.4) is 0 Å². The first kappa shape index (κ1) is 16.8. The first-order chi connectivity index (χ1) is 10.4. The van der Waals surface area contributed by atoms with Crippen molar-refractivity contribution in [2.24, 2.45) is 11.8 Å². The predicted molar refractivity (Wildman–Crippen MR) is 86.0 cm³/mol. The second kappa shape index (κ2) is 7.16. The van der Waals surface area contributed by atoms with Crippen molar-refractivity contribution in [2.45, 2.75) is 25.8 Å². The zero-order valence-electron chi connectivity index (χ0n) is 12.1. The van der Waals surface area contributed by atoms with Gasteiger partial charge in [0, 0.05) is 10.0 Å². The molecule has 0 saturated carbocycles. The van der Waals surface area contributed by atoms with Crippen LogP contribution in [0.5, 0.6) is 0 Å². The van der Waals surface area contributed by atoms with Gasteiger partial charge in [-0.25, -0.2) is 0 Å². The van der Waals surface area contributed by atoms with Crippen molar-refractivity contribution >= 4 is 35.1 Å². The molecular weight excluding hydrogens is 325 g/mol. The van der Waals surface area contributed by atoms with E-state index in [4.69, 9.17) is 23.2 Å². The van der Waals surface area contributed by atoms with Gasteiger partial charge in [0.25, 0.3) is 0 Å². The first-order valence-electron chi connectivity index (χ1n) is 7.03. The molecule has 0 aliphatic heterocycles. The third kappa shape index (κ3) is 3.81. The maximum atomic E-state index is 12.4. The molecule has 0 fully saturated rings. The number of carboxylic acid groups (broad SMARTS) is 1. The van der Waals surface area contributed by atoms with E-state index in [1.165, 1.54) is 0 Å². The molecule has 4 nitrogen and oxygen atoms in total. The van der Waals surface area contributed by atoms with Crippen LogP contribution in [0.15, 0.2) is 30.4 Å². The number of carbonyl (C=O) groups excluding carboxylic acids is 1. The van der Waals surface area contributed by atoms with Crippen molar-refractivity contribution in [3.05, 3.63) is 46.0 Å². The maximum absolute atomic E-state index is 12.4. The van der Waals surface area contributed by atoms with Crippen molar-refractivity contribution in [1.82, 2.24) is 5.32 Å². The number of amides is 1. The average molecular weight is 342 g/mol. The molecule has 0 radical (unpaired) electrons. The Morgan fingerprint density at radius 2 is 1.86 bits per heavy atom. The van der Waals surface area contributed by atoms with Crippen molar-refractivity contribution in [3.8, 4) is 0 Å². The standard InChI is InChI=1S/C16H17Cl2NO3/c1-9(11-7-6-10(17)8-14(11)18)19-15(20)12-4-2-3-5-13(12)16(21)22/h2-3,6-9,12-13H,4-5H2,1H3,(H,19,20)(H,21,22)/t9-,12-,13+/m0/s1. The van der Waals surface area contributed by atoms with Crippen LogP contribution in [0, 0.1) is 11.8 Å². The normalized spacial score (nSPS) is 22.1. The fourth-order valence-corrected chi connectivity index (χ4v) is 3.20. The summed E-state index contributed by atoms with van der Waals surface area (Å²) in [5.74, 6) is -2.45. The highest BCUT2D eigenvalue weighted by molar-refractivity contribution is 6.35. The van der Waals surface area contributed by atoms with Gasteiger partial charge in [-0.15, -0.1) is 0 Å². The molecule has 0 aromatic heterocycles. The summed E-state index contributed by atoms with van der Waals surface area (Å²) in [4.78, 5) is 23.7. The van der Waals surface area contributed by atoms with Gasteiger partial charge in [-0.05, 0) is 37.5 Å². The number of allylic oxidation sites excluding steroid dienone is 2. The first-order valence-corrected chi connectivity index (χ1v) is 7.79. The lowest BCUT2D eigenvalue weighted by Crippen LogP contribution is -2.39. The lowest BCUT2D eigenvalue weighted by Gasteiger charge is -2.26. The Labute approximate surface area is 139 Å². The number of hydrogen-bond acceptors (Lipinski definition) is 2. The van der Waals surface area contributed by atoms with Crippen LogP contribution in [0.4, 0.5) is 0 Å². The molecule has 0 unspecified atom stereocenters. The molecule has 0 heterocycles. The molecule has 3 atom stereocenters. The topological polar surface area (TPSA) is 66.4 Å². The minimum atomic E-state index is -0.943. The van der Waals surface area contributed by atoms with Gasteiger partial charge in [0.1, 0.15) is 0 Å². The zero-order valence-corrected chi connectivity index (χ0v) is 13.6. The van der Waals surface area contributed by atoms with Crippen LogP contribution in [0.25, 0.3) is 0 Å². The van der Waals surface area contributed by atoms with E-state index in [2.05, 4.69) is 5.32 Å². The molecule has 1 amide bonds. The lowest BCUT2D eigenvalue weighted by atomic mass is 9.82. The van der Waals surface area contributed by atoms with Gasteiger partial charge in [0.15, 0.2) is 0 Å². The quantitative estimate of drug-likeness (QED) is 0.817. The molecule has 118 valence electrons. The van der Waals surface area contributed by atoms with Crippen molar-refractivity contribution in [1.29, 1.82) is 0 Å². The third-order valence-corrected chi connectivity index (χ3v) is 4.44. The van der Waals surface area contributed by atoms with E-state index in [0.29, 0.717) is 22.9 Å². The highest BCUT2D eigenvalue weighted by atomic mass is 35.5. The maximum Gasteiger partial charge on any atom is 0.307 e. The molecule has 1 aliphatic rings. The molecule has 0 spiro atoms. The van der Waals surface area contributed by atoms with Crippen molar-refractivity contribution in [3.63, 3.8) is 0 Å². The fraction of sp³-hybridized carbons (Fsp3) is 0.375. The summed E-state index contributed by atoms with van der Waals surface area (Å²) in [7, 11) is 0.